The molecule has 0 aliphatic carbocycles. The normalized spacial score (nSPS) is 12.0. The van der Waals surface area contributed by atoms with Crippen molar-refractivity contribution in [2.24, 2.45) is 0 Å². The fraction of sp³-hybridized carbons (Fsp3) is 0.286. The number of nitrogens with zero attached hydrogens (tertiary/aromatic N) is 1. The van der Waals surface area contributed by atoms with Crippen LogP contribution in [0, 0.1) is 3.57 Å². The Bertz CT molecular complexity index is 397. The Morgan fingerprint density at radius 2 is 1.94 bits per heavy atom. The lowest BCUT2D eigenvalue weighted by Gasteiger charge is -2.11. The zero-order valence-corrected chi connectivity index (χ0v) is 10.1. The van der Waals surface area contributed by atoms with Crippen molar-refractivity contribution >= 4 is 34.2 Å². The molecule has 0 amide bonds. The SMILES string of the molecule is FC(F)c1cc(Cl)c(I)c(OC(F)(F)F)n1. The average molecular weight is 373 g/mol. The van der Waals surface area contributed by atoms with E-state index in [4.69, 9.17) is 11.6 Å². The first-order valence-corrected chi connectivity index (χ1v) is 5.06. The second-order valence-corrected chi connectivity index (χ2v) is 3.98. The van der Waals surface area contributed by atoms with Gasteiger partial charge in [0.05, 0.1) is 8.59 Å². The first-order valence-electron chi connectivity index (χ1n) is 3.60. The molecule has 0 spiro atoms. The molecule has 0 atom stereocenters. The van der Waals surface area contributed by atoms with Crippen molar-refractivity contribution in [3.05, 3.63) is 20.4 Å². The molecule has 0 saturated carbocycles. The fourth-order valence-corrected chi connectivity index (χ4v) is 1.36. The summed E-state index contributed by atoms with van der Waals surface area (Å²) in [6, 6.07) is 0.789. The summed E-state index contributed by atoms with van der Waals surface area (Å²) in [5.74, 6) is -0.976. The number of hydrogen-bond acceptors (Lipinski definition) is 2. The van der Waals surface area contributed by atoms with E-state index in [0.29, 0.717) is 0 Å². The van der Waals surface area contributed by atoms with E-state index in [1.165, 1.54) is 22.6 Å². The van der Waals surface area contributed by atoms with E-state index in [9.17, 15) is 22.0 Å². The van der Waals surface area contributed by atoms with Crippen LogP contribution in [-0.2, 0) is 0 Å². The molecule has 0 aliphatic rings. The van der Waals surface area contributed by atoms with E-state index in [1.807, 2.05) is 0 Å². The van der Waals surface area contributed by atoms with Gasteiger partial charge in [-0.15, -0.1) is 13.2 Å². The maximum Gasteiger partial charge on any atom is 0.574 e. The summed E-state index contributed by atoms with van der Waals surface area (Å²) >= 11 is 6.88. The van der Waals surface area contributed by atoms with Gasteiger partial charge in [-0.05, 0) is 28.7 Å². The summed E-state index contributed by atoms with van der Waals surface area (Å²) in [7, 11) is 0. The maximum atomic E-state index is 12.2. The monoisotopic (exact) mass is 373 g/mol. The Hall–Kier alpha value is -0.380. The van der Waals surface area contributed by atoms with Gasteiger partial charge >= 0.3 is 6.36 Å². The van der Waals surface area contributed by atoms with Gasteiger partial charge in [-0.1, -0.05) is 11.6 Å². The average Bonchev–Trinajstić information content (AvgIpc) is 2.10. The molecule has 0 radical (unpaired) electrons. The van der Waals surface area contributed by atoms with Gasteiger partial charge < -0.3 is 4.74 Å². The molecule has 9 heteroatoms. The standard InChI is InChI=1S/C7H2ClF5INO/c8-2-1-3(5(9)10)15-6(4(2)14)16-7(11,12)13/h1,5H. The smallest absolute Gasteiger partial charge is 0.387 e. The maximum absolute atomic E-state index is 12.2. The quantitative estimate of drug-likeness (QED) is 0.573. The van der Waals surface area contributed by atoms with E-state index in [0.717, 1.165) is 6.07 Å². The Balaban J connectivity index is 3.17. The third-order valence-corrected chi connectivity index (χ3v) is 3.00. The topological polar surface area (TPSA) is 22.1 Å². The zero-order chi connectivity index (χ0) is 12.5. The lowest BCUT2D eigenvalue weighted by atomic mass is 10.3. The van der Waals surface area contributed by atoms with E-state index in [1.54, 1.807) is 0 Å². The highest BCUT2D eigenvalue weighted by Crippen LogP contribution is 2.33. The minimum absolute atomic E-state index is 0.180. The molecule has 1 aromatic rings. The van der Waals surface area contributed by atoms with Crippen LogP contribution in [0.1, 0.15) is 12.1 Å². The van der Waals surface area contributed by atoms with Gasteiger partial charge in [0.25, 0.3) is 6.43 Å². The predicted octanol–water partition coefficient (Wildman–Crippen LogP) is 4.18. The van der Waals surface area contributed by atoms with Crippen LogP contribution in [0.25, 0.3) is 0 Å². The molecule has 1 heterocycles. The number of alkyl halides is 5. The van der Waals surface area contributed by atoms with Crippen molar-refractivity contribution in [3.63, 3.8) is 0 Å². The molecule has 90 valence electrons. The van der Waals surface area contributed by atoms with Crippen LogP contribution in [0.2, 0.25) is 5.02 Å². The number of aromatic nitrogens is 1. The van der Waals surface area contributed by atoms with Crippen molar-refractivity contribution in [1.82, 2.24) is 4.98 Å². The Kier molecular flexibility index (Phi) is 4.16. The molecule has 2 nitrogen and oxygen atoms in total. The van der Waals surface area contributed by atoms with E-state index in [-0.39, 0.29) is 8.59 Å². The molecule has 1 rings (SSSR count). The van der Waals surface area contributed by atoms with E-state index in [2.05, 4.69) is 9.72 Å². The molecular weight excluding hydrogens is 371 g/mol. The summed E-state index contributed by atoms with van der Waals surface area (Å²) in [6.45, 7) is 0. The first-order chi connectivity index (χ1) is 7.20. The summed E-state index contributed by atoms with van der Waals surface area (Å²) in [5.41, 5.74) is -0.871. The molecule has 0 aliphatic heterocycles. The van der Waals surface area contributed by atoms with Crippen LogP contribution in [0.3, 0.4) is 0 Å². The van der Waals surface area contributed by atoms with Crippen molar-refractivity contribution in [3.8, 4) is 5.88 Å². The van der Waals surface area contributed by atoms with Crippen LogP contribution in [0.5, 0.6) is 5.88 Å². The second kappa shape index (κ2) is 4.86. The van der Waals surface area contributed by atoms with Gasteiger partial charge in [0.2, 0.25) is 5.88 Å². The van der Waals surface area contributed by atoms with Crippen LogP contribution < -0.4 is 4.74 Å². The van der Waals surface area contributed by atoms with Crippen LogP contribution in [-0.4, -0.2) is 11.3 Å². The fourth-order valence-electron chi connectivity index (χ4n) is 0.783. The number of hydrogen-bond donors (Lipinski definition) is 0. The van der Waals surface area contributed by atoms with Crippen LogP contribution in [0.4, 0.5) is 22.0 Å². The Morgan fingerprint density at radius 1 is 1.38 bits per heavy atom. The minimum atomic E-state index is -5.00. The van der Waals surface area contributed by atoms with E-state index < -0.39 is 24.4 Å². The molecule has 0 N–H and O–H groups in total. The highest BCUT2D eigenvalue weighted by molar-refractivity contribution is 14.1. The van der Waals surface area contributed by atoms with Crippen molar-refractivity contribution in [2.45, 2.75) is 12.8 Å². The molecule has 0 saturated heterocycles. The summed E-state index contributed by atoms with van der Waals surface area (Å²) in [6.07, 6.45) is -8.03. The summed E-state index contributed by atoms with van der Waals surface area (Å²) in [5, 5.41) is -0.273. The van der Waals surface area contributed by atoms with Crippen LogP contribution >= 0.6 is 34.2 Å². The molecule has 0 bridgehead atoms. The van der Waals surface area contributed by atoms with Gasteiger partial charge in [0.1, 0.15) is 5.69 Å². The largest absolute Gasteiger partial charge is 0.574 e. The van der Waals surface area contributed by atoms with Gasteiger partial charge in [-0.25, -0.2) is 13.8 Å². The third kappa shape index (κ3) is 3.58. The Morgan fingerprint density at radius 3 is 2.38 bits per heavy atom. The van der Waals surface area contributed by atoms with Gasteiger partial charge in [-0.3, -0.25) is 0 Å². The summed E-state index contributed by atoms with van der Waals surface area (Å²) < 4.78 is 63.4. The highest BCUT2D eigenvalue weighted by Gasteiger charge is 2.33. The van der Waals surface area contributed by atoms with Gasteiger partial charge in [-0.2, -0.15) is 0 Å². The van der Waals surface area contributed by atoms with Gasteiger partial charge in [0, 0.05) is 0 Å². The molecule has 16 heavy (non-hydrogen) atoms. The number of ether oxygens (including phenoxy) is 1. The lowest BCUT2D eigenvalue weighted by Crippen LogP contribution is -2.19. The molecule has 0 unspecified atom stereocenters. The molecule has 1 aromatic heterocycles. The molecule has 0 fully saturated rings. The third-order valence-electron chi connectivity index (χ3n) is 1.34. The number of rotatable bonds is 2. The molecule has 0 aromatic carbocycles. The minimum Gasteiger partial charge on any atom is -0.387 e. The van der Waals surface area contributed by atoms with Crippen molar-refractivity contribution < 1.29 is 26.7 Å². The van der Waals surface area contributed by atoms with Crippen LogP contribution in [0.15, 0.2) is 6.07 Å². The molecular formula is C7H2ClF5INO. The second-order valence-electron chi connectivity index (χ2n) is 2.50. The van der Waals surface area contributed by atoms with Gasteiger partial charge in [0.15, 0.2) is 0 Å². The number of pyridine rings is 1. The highest BCUT2D eigenvalue weighted by atomic mass is 127. The Labute approximate surface area is 105 Å². The van der Waals surface area contributed by atoms with E-state index >= 15 is 0 Å². The number of halogens is 7. The predicted molar refractivity (Wildman–Crippen MR) is 53.6 cm³/mol. The van der Waals surface area contributed by atoms with Crippen molar-refractivity contribution in [2.75, 3.05) is 0 Å². The summed E-state index contributed by atoms with van der Waals surface area (Å²) in [4.78, 5) is 3.03. The van der Waals surface area contributed by atoms with Crippen molar-refractivity contribution in [1.29, 1.82) is 0 Å². The lowest BCUT2D eigenvalue weighted by molar-refractivity contribution is -0.276. The first kappa shape index (κ1) is 13.7. The zero-order valence-electron chi connectivity index (χ0n) is 7.16.